The first-order valence-corrected chi connectivity index (χ1v) is 6.70. The second-order valence-corrected chi connectivity index (χ2v) is 4.71. The first-order chi connectivity index (χ1) is 10.2. The van der Waals surface area contributed by atoms with Crippen LogP contribution >= 0.6 is 0 Å². The number of hydrogen-bond donors (Lipinski definition) is 1. The van der Waals surface area contributed by atoms with Crippen molar-refractivity contribution in [2.24, 2.45) is 0 Å². The number of nitrogens with zero attached hydrogens (tertiary/aromatic N) is 5. The van der Waals surface area contributed by atoms with Gasteiger partial charge in [0.15, 0.2) is 11.5 Å². The molecule has 0 bridgehead atoms. The topological polar surface area (TPSA) is 68.5 Å². The van der Waals surface area contributed by atoms with Gasteiger partial charge in [-0.05, 0) is 26.0 Å². The molecule has 0 aliphatic heterocycles. The van der Waals surface area contributed by atoms with Gasteiger partial charge in [-0.15, -0.1) is 5.10 Å². The van der Waals surface area contributed by atoms with Crippen LogP contribution < -0.4 is 5.32 Å². The number of para-hydroxylation sites is 1. The number of hydrogen-bond acceptors (Lipinski definition) is 5. The molecule has 2 heterocycles. The van der Waals surface area contributed by atoms with E-state index in [1.807, 2.05) is 51.2 Å². The summed E-state index contributed by atoms with van der Waals surface area (Å²) in [5.74, 6) is 1.39. The maximum Gasteiger partial charge on any atom is 0.184 e. The molecule has 106 valence electrons. The Morgan fingerprint density at radius 1 is 1.05 bits per heavy atom. The molecule has 21 heavy (non-hydrogen) atoms. The molecular weight excluding hydrogens is 264 g/mol. The maximum absolute atomic E-state index is 4.49. The van der Waals surface area contributed by atoms with Gasteiger partial charge in [-0.25, -0.2) is 9.97 Å². The minimum Gasteiger partial charge on any atom is -0.373 e. The molecule has 6 nitrogen and oxygen atoms in total. The van der Waals surface area contributed by atoms with Gasteiger partial charge in [-0.2, -0.15) is 9.90 Å². The fraction of sp³-hybridized carbons (Fsp3) is 0.200. The molecule has 0 radical (unpaired) electrons. The van der Waals surface area contributed by atoms with E-state index in [2.05, 4.69) is 25.5 Å². The third kappa shape index (κ3) is 2.47. The Morgan fingerprint density at radius 3 is 2.52 bits per heavy atom. The molecule has 0 unspecified atom stereocenters. The van der Waals surface area contributed by atoms with Gasteiger partial charge in [0.1, 0.15) is 5.82 Å². The second kappa shape index (κ2) is 5.32. The van der Waals surface area contributed by atoms with E-state index in [9.17, 15) is 0 Å². The molecule has 0 atom stereocenters. The summed E-state index contributed by atoms with van der Waals surface area (Å²) in [5.41, 5.74) is 3.52. The summed E-state index contributed by atoms with van der Waals surface area (Å²) < 4.78 is 0. The average Bonchev–Trinajstić information content (AvgIpc) is 3.00. The van der Waals surface area contributed by atoms with Gasteiger partial charge in [-0.1, -0.05) is 18.2 Å². The Morgan fingerprint density at radius 2 is 1.81 bits per heavy atom. The van der Waals surface area contributed by atoms with E-state index in [4.69, 9.17) is 0 Å². The fourth-order valence-electron chi connectivity index (χ4n) is 2.04. The number of nitrogens with one attached hydrogen (secondary N) is 1. The molecule has 2 aromatic heterocycles. The number of rotatable bonds is 3. The summed E-state index contributed by atoms with van der Waals surface area (Å²) in [7, 11) is 1.85. The Labute approximate surface area is 122 Å². The molecule has 3 rings (SSSR count). The average molecular weight is 280 g/mol. The lowest BCUT2D eigenvalue weighted by Gasteiger charge is -2.07. The summed E-state index contributed by atoms with van der Waals surface area (Å²) in [4.78, 5) is 10.6. The molecule has 0 aliphatic rings. The zero-order chi connectivity index (χ0) is 14.8. The quantitative estimate of drug-likeness (QED) is 0.797. The van der Waals surface area contributed by atoms with Crippen molar-refractivity contribution in [3.63, 3.8) is 0 Å². The summed E-state index contributed by atoms with van der Waals surface area (Å²) in [6.45, 7) is 3.95. The van der Waals surface area contributed by atoms with Crippen molar-refractivity contribution in [1.29, 1.82) is 0 Å². The van der Waals surface area contributed by atoms with E-state index in [-0.39, 0.29) is 0 Å². The zero-order valence-corrected chi connectivity index (χ0v) is 12.2. The Balaban J connectivity index is 2.03. The lowest BCUT2D eigenvalue weighted by Crippen LogP contribution is -2.03. The van der Waals surface area contributed by atoms with Gasteiger partial charge in [0.05, 0.1) is 11.9 Å². The predicted molar refractivity (Wildman–Crippen MR) is 81.4 cm³/mol. The van der Waals surface area contributed by atoms with Gasteiger partial charge >= 0.3 is 0 Å². The standard InChI is InChI=1S/C15H16N6/c1-10-11(2)18-15(19-14(10)16-3)13-9-17-21(20-13)12-7-5-4-6-8-12/h4-9H,1-3H3,(H,16,18,19). The highest BCUT2D eigenvalue weighted by Crippen LogP contribution is 2.19. The van der Waals surface area contributed by atoms with Gasteiger partial charge in [0.2, 0.25) is 0 Å². The van der Waals surface area contributed by atoms with E-state index in [0.29, 0.717) is 11.5 Å². The Bertz CT molecular complexity index is 763. The number of anilines is 1. The van der Waals surface area contributed by atoms with E-state index in [0.717, 1.165) is 22.8 Å². The minimum atomic E-state index is 0.574. The molecule has 1 N–H and O–H groups in total. The summed E-state index contributed by atoms with van der Waals surface area (Å²) >= 11 is 0. The number of aryl methyl sites for hydroxylation is 1. The van der Waals surface area contributed by atoms with Crippen molar-refractivity contribution in [3.8, 4) is 17.2 Å². The smallest absolute Gasteiger partial charge is 0.184 e. The molecule has 0 spiro atoms. The van der Waals surface area contributed by atoms with Gasteiger partial charge in [0.25, 0.3) is 0 Å². The second-order valence-electron chi connectivity index (χ2n) is 4.71. The fourth-order valence-corrected chi connectivity index (χ4v) is 2.04. The molecular formula is C15H16N6. The van der Waals surface area contributed by atoms with E-state index >= 15 is 0 Å². The molecule has 1 aromatic carbocycles. The van der Waals surface area contributed by atoms with Crippen molar-refractivity contribution in [1.82, 2.24) is 25.0 Å². The molecule has 3 aromatic rings. The molecule has 0 saturated carbocycles. The molecule has 0 saturated heterocycles. The lowest BCUT2D eigenvalue weighted by atomic mass is 10.2. The van der Waals surface area contributed by atoms with E-state index < -0.39 is 0 Å². The van der Waals surface area contributed by atoms with Crippen molar-refractivity contribution in [2.75, 3.05) is 12.4 Å². The highest BCUT2D eigenvalue weighted by Gasteiger charge is 2.12. The van der Waals surface area contributed by atoms with Crippen LogP contribution in [0.2, 0.25) is 0 Å². The van der Waals surface area contributed by atoms with Crippen LogP contribution in [0.4, 0.5) is 5.82 Å². The van der Waals surface area contributed by atoms with Crippen molar-refractivity contribution in [3.05, 3.63) is 47.8 Å². The monoisotopic (exact) mass is 280 g/mol. The SMILES string of the molecule is CNc1nc(-c2cnn(-c3ccccc3)n2)nc(C)c1C. The largest absolute Gasteiger partial charge is 0.373 e. The highest BCUT2D eigenvalue weighted by molar-refractivity contribution is 5.55. The van der Waals surface area contributed by atoms with Crippen LogP contribution in [0.1, 0.15) is 11.3 Å². The van der Waals surface area contributed by atoms with Crippen LogP contribution in [0, 0.1) is 13.8 Å². The first kappa shape index (κ1) is 13.2. The van der Waals surface area contributed by atoms with E-state index in [1.165, 1.54) is 0 Å². The van der Waals surface area contributed by atoms with Crippen molar-refractivity contribution in [2.45, 2.75) is 13.8 Å². The minimum absolute atomic E-state index is 0.574. The predicted octanol–water partition coefficient (Wildman–Crippen LogP) is 2.38. The third-order valence-corrected chi connectivity index (χ3v) is 3.33. The van der Waals surface area contributed by atoms with Gasteiger partial charge in [0, 0.05) is 18.3 Å². The molecule has 0 aliphatic carbocycles. The van der Waals surface area contributed by atoms with Crippen molar-refractivity contribution < 1.29 is 0 Å². The summed E-state index contributed by atoms with van der Waals surface area (Å²) in [5, 5.41) is 11.8. The van der Waals surface area contributed by atoms with Crippen LogP contribution in [0.3, 0.4) is 0 Å². The Kier molecular flexibility index (Phi) is 3.35. The van der Waals surface area contributed by atoms with Crippen LogP contribution in [0.15, 0.2) is 36.5 Å². The number of benzene rings is 1. The van der Waals surface area contributed by atoms with E-state index in [1.54, 1.807) is 11.0 Å². The first-order valence-electron chi connectivity index (χ1n) is 6.70. The third-order valence-electron chi connectivity index (χ3n) is 3.33. The van der Waals surface area contributed by atoms with Crippen LogP contribution in [0.25, 0.3) is 17.2 Å². The normalized spacial score (nSPS) is 10.6. The van der Waals surface area contributed by atoms with Gasteiger partial charge < -0.3 is 5.32 Å². The highest BCUT2D eigenvalue weighted by atomic mass is 15.5. The summed E-state index contributed by atoms with van der Waals surface area (Å²) in [6, 6.07) is 9.75. The summed E-state index contributed by atoms with van der Waals surface area (Å²) in [6.07, 6.45) is 1.68. The molecule has 0 amide bonds. The van der Waals surface area contributed by atoms with Crippen LogP contribution in [0.5, 0.6) is 0 Å². The van der Waals surface area contributed by atoms with Crippen molar-refractivity contribution >= 4 is 5.82 Å². The van der Waals surface area contributed by atoms with Crippen LogP contribution in [-0.2, 0) is 0 Å². The Hall–Kier alpha value is -2.76. The maximum atomic E-state index is 4.49. The lowest BCUT2D eigenvalue weighted by molar-refractivity contribution is 0.752. The van der Waals surface area contributed by atoms with Crippen LogP contribution in [-0.4, -0.2) is 32.0 Å². The van der Waals surface area contributed by atoms with Gasteiger partial charge in [-0.3, -0.25) is 0 Å². The zero-order valence-electron chi connectivity index (χ0n) is 12.2. The molecule has 0 fully saturated rings. The molecule has 6 heteroatoms. The number of aromatic nitrogens is 5.